The zero-order valence-corrected chi connectivity index (χ0v) is 18.0. The van der Waals surface area contributed by atoms with Crippen LogP contribution in [-0.2, 0) is 4.79 Å². The number of rotatable bonds is 7. The van der Waals surface area contributed by atoms with Crippen LogP contribution < -0.4 is 14.9 Å². The average Bonchev–Trinajstić information content (AvgIpc) is 2.74. The van der Waals surface area contributed by atoms with Crippen LogP contribution in [0.15, 0.2) is 71.8 Å². The highest BCUT2D eigenvalue weighted by Gasteiger charge is 2.13. The Morgan fingerprint density at radius 2 is 1.77 bits per heavy atom. The zero-order chi connectivity index (χ0) is 22.2. The summed E-state index contributed by atoms with van der Waals surface area (Å²) < 4.78 is 10.8. The molecule has 0 unspecified atom stereocenters. The molecule has 0 bridgehead atoms. The van der Waals surface area contributed by atoms with Crippen molar-refractivity contribution in [2.45, 2.75) is 6.92 Å². The second-order valence-electron chi connectivity index (χ2n) is 6.43. The number of halogens is 2. The van der Waals surface area contributed by atoms with Crippen molar-refractivity contribution < 1.29 is 19.1 Å². The summed E-state index contributed by atoms with van der Waals surface area (Å²) in [5.74, 6) is 0.00406. The van der Waals surface area contributed by atoms with Gasteiger partial charge in [-0.15, -0.1) is 0 Å². The van der Waals surface area contributed by atoms with E-state index in [1.54, 1.807) is 36.4 Å². The van der Waals surface area contributed by atoms with Crippen LogP contribution in [-0.4, -0.2) is 24.7 Å². The fourth-order valence-electron chi connectivity index (χ4n) is 2.51. The molecular weight excluding hydrogens is 439 g/mol. The molecule has 0 spiro atoms. The molecule has 8 heteroatoms. The first-order chi connectivity index (χ1) is 14.9. The third kappa shape index (κ3) is 6.57. The van der Waals surface area contributed by atoms with Gasteiger partial charge in [-0.1, -0.05) is 41.4 Å². The molecule has 0 saturated carbocycles. The molecule has 0 atom stereocenters. The minimum atomic E-state index is -0.594. The van der Waals surface area contributed by atoms with E-state index in [9.17, 15) is 9.59 Å². The number of nitrogens with one attached hydrogen (secondary N) is 1. The predicted octanol–water partition coefficient (Wildman–Crippen LogP) is 5.05. The number of hydrogen-bond acceptors (Lipinski definition) is 5. The van der Waals surface area contributed by atoms with E-state index in [-0.39, 0.29) is 23.1 Å². The number of para-hydroxylation sites is 1. The van der Waals surface area contributed by atoms with E-state index in [2.05, 4.69) is 10.5 Å². The Morgan fingerprint density at radius 3 is 2.48 bits per heavy atom. The number of benzene rings is 3. The molecule has 3 aromatic rings. The minimum absolute atomic E-state index is 0.148. The van der Waals surface area contributed by atoms with Crippen molar-refractivity contribution >= 4 is 41.3 Å². The Bertz CT molecular complexity index is 1110. The van der Waals surface area contributed by atoms with Gasteiger partial charge in [0.25, 0.3) is 5.91 Å². The number of ether oxygens (including phenoxy) is 2. The average molecular weight is 457 g/mol. The first-order valence-corrected chi connectivity index (χ1v) is 9.95. The van der Waals surface area contributed by atoms with Gasteiger partial charge in [-0.2, -0.15) is 5.10 Å². The number of carbonyl (C=O) groups is 2. The quantitative estimate of drug-likeness (QED) is 0.233. The zero-order valence-electron chi connectivity index (χ0n) is 16.5. The maximum absolute atomic E-state index is 12.2. The van der Waals surface area contributed by atoms with E-state index < -0.39 is 5.97 Å². The highest BCUT2D eigenvalue weighted by molar-refractivity contribution is 6.36. The largest absolute Gasteiger partial charge is 0.483 e. The standard InChI is InChI=1S/C23H18Cl2N2O4/c1-15-4-2-3-5-21(15)30-14-22(28)27-26-13-16-6-9-18(10-7-16)31-23(29)19-11-8-17(24)12-20(19)25/h2-13H,14H2,1H3,(H,27,28)/b26-13+. The molecule has 0 saturated heterocycles. The lowest BCUT2D eigenvalue weighted by molar-refractivity contribution is -0.123. The maximum Gasteiger partial charge on any atom is 0.345 e. The van der Waals surface area contributed by atoms with Crippen LogP contribution in [0.3, 0.4) is 0 Å². The molecule has 6 nitrogen and oxygen atoms in total. The van der Waals surface area contributed by atoms with E-state index in [1.807, 2.05) is 25.1 Å². The van der Waals surface area contributed by atoms with Crippen molar-refractivity contribution in [3.05, 3.63) is 93.5 Å². The first kappa shape index (κ1) is 22.3. The fourth-order valence-corrected chi connectivity index (χ4v) is 3.00. The van der Waals surface area contributed by atoms with E-state index in [1.165, 1.54) is 18.3 Å². The fraction of sp³-hybridized carbons (Fsp3) is 0.0870. The molecule has 158 valence electrons. The number of amides is 1. The summed E-state index contributed by atoms with van der Waals surface area (Å²) in [5.41, 5.74) is 4.25. The number of nitrogens with zero attached hydrogens (tertiary/aromatic N) is 1. The molecule has 1 amide bonds. The van der Waals surface area contributed by atoms with Crippen LogP contribution >= 0.6 is 23.2 Å². The van der Waals surface area contributed by atoms with Gasteiger partial charge < -0.3 is 9.47 Å². The predicted molar refractivity (Wildman–Crippen MR) is 120 cm³/mol. The van der Waals surface area contributed by atoms with Crippen LogP contribution in [0.5, 0.6) is 11.5 Å². The molecule has 0 aliphatic carbocycles. The molecule has 0 fully saturated rings. The minimum Gasteiger partial charge on any atom is -0.483 e. The molecule has 3 rings (SSSR count). The third-order valence-electron chi connectivity index (χ3n) is 4.10. The molecule has 3 aromatic carbocycles. The lowest BCUT2D eigenvalue weighted by atomic mass is 10.2. The van der Waals surface area contributed by atoms with Gasteiger partial charge in [-0.05, 0) is 66.6 Å². The van der Waals surface area contributed by atoms with Crippen LogP contribution in [0, 0.1) is 6.92 Å². The molecule has 0 radical (unpaired) electrons. The summed E-state index contributed by atoms with van der Waals surface area (Å²) in [5, 5.41) is 4.53. The summed E-state index contributed by atoms with van der Waals surface area (Å²) in [4.78, 5) is 24.1. The summed E-state index contributed by atoms with van der Waals surface area (Å²) in [6.07, 6.45) is 1.47. The normalized spacial score (nSPS) is 10.7. The summed E-state index contributed by atoms with van der Waals surface area (Å²) >= 11 is 11.8. The van der Waals surface area contributed by atoms with Gasteiger partial charge in [0.15, 0.2) is 6.61 Å². The maximum atomic E-state index is 12.2. The molecular formula is C23H18Cl2N2O4. The van der Waals surface area contributed by atoms with E-state index in [4.69, 9.17) is 32.7 Å². The Balaban J connectivity index is 1.49. The smallest absolute Gasteiger partial charge is 0.345 e. The topological polar surface area (TPSA) is 77.0 Å². The van der Waals surface area contributed by atoms with Gasteiger partial charge in [-0.25, -0.2) is 10.2 Å². The Labute approximate surface area is 189 Å². The van der Waals surface area contributed by atoms with Gasteiger partial charge in [-0.3, -0.25) is 4.79 Å². The molecule has 0 aliphatic rings. The lowest BCUT2D eigenvalue weighted by Crippen LogP contribution is -2.24. The molecule has 31 heavy (non-hydrogen) atoms. The monoisotopic (exact) mass is 456 g/mol. The summed E-state index contributed by atoms with van der Waals surface area (Å²) in [6.45, 7) is 1.75. The molecule has 1 N–H and O–H groups in total. The molecule has 0 aliphatic heterocycles. The van der Waals surface area contributed by atoms with Crippen molar-refractivity contribution in [1.82, 2.24) is 5.43 Å². The number of hydrogen-bond donors (Lipinski definition) is 1. The van der Waals surface area contributed by atoms with Crippen molar-refractivity contribution in [3.8, 4) is 11.5 Å². The SMILES string of the molecule is Cc1ccccc1OCC(=O)N/N=C/c1ccc(OC(=O)c2ccc(Cl)cc2Cl)cc1. The molecule has 0 heterocycles. The second-order valence-corrected chi connectivity index (χ2v) is 7.27. The van der Waals surface area contributed by atoms with Gasteiger partial charge >= 0.3 is 5.97 Å². The van der Waals surface area contributed by atoms with E-state index >= 15 is 0 Å². The van der Waals surface area contributed by atoms with Gasteiger partial charge in [0.2, 0.25) is 0 Å². The third-order valence-corrected chi connectivity index (χ3v) is 4.64. The Hall–Kier alpha value is -3.35. The number of esters is 1. The number of hydrazone groups is 1. The highest BCUT2D eigenvalue weighted by Crippen LogP contribution is 2.23. The number of aryl methyl sites for hydroxylation is 1. The van der Waals surface area contributed by atoms with Crippen LogP contribution in [0.25, 0.3) is 0 Å². The van der Waals surface area contributed by atoms with E-state index in [0.717, 1.165) is 5.56 Å². The summed E-state index contributed by atoms with van der Waals surface area (Å²) in [7, 11) is 0. The summed E-state index contributed by atoms with van der Waals surface area (Å²) in [6, 6.07) is 18.5. The Kier molecular flexibility index (Phi) is 7.65. The van der Waals surface area contributed by atoms with Crippen molar-refractivity contribution in [3.63, 3.8) is 0 Å². The number of carbonyl (C=O) groups excluding carboxylic acids is 2. The van der Waals surface area contributed by atoms with Crippen LogP contribution in [0.4, 0.5) is 0 Å². The highest BCUT2D eigenvalue weighted by atomic mass is 35.5. The first-order valence-electron chi connectivity index (χ1n) is 9.20. The Morgan fingerprint density at radius 1 is 1.03 bits per heavy atom. The lowest BCUT2D eigenvalue weighted by Gasteiger charge is -2.07. The van der Waals surface area contributed by atoms with Gasteiger partial charge in [0, 0.05) is 5.02 Å². The van der Waals surface area contributed by atoms with Crippen molar-refractivity contribution in [2.75, 3.05) is 6.61 Å². The van der Waals surface area contributed by atoms with E-state index in [0.29, 0.717) is 22.1 Å². The van der Waals surface area contributed by atoms with Crippen LogP contribution in [0.1, 0.15) is 21.5 Å². The van der Waals surface area contributed by atoms with Gasteiger partial charge in [0.05, 0.1) is 16.8 Å². The van der Waals surface area contributed by atoms with Crippen molar-refractivity contribution in [1.29, 1.82) is 0 Å². The van der Waals surface area contributed by atoms with Crippen molar-refractivity contribution in [2.24, 2.45) is 5.10 Å². The van der Waals surface area contributed by atoms with Gasteiger partial charge in [0.1, 0.15) is 11.5 Å². The second kappa shape index (κ2) is 10.6. The van der Waals surface area contributed by atoms with Crippen LogP contribution in [0.2, 0.25) is 10.0 Å². The molecule has 0 aromatic heterocycles.